The lowest BCUT2D eigenvalue weighted by Crippen LogP contribution is -2.51. The van der Waals surface area contributed by atoms with E-state index >= 15 is 0 Å². The Morgan fingerprint density at radius 1 is 1.21 bits per heavy atom. The molecule has 3 atom stereocenters. The van der Waals surface area contributed by atoms with Crippen molar-refractivity contribution < 1.29 is 19.4 Å². The van der Waals surface area contributed by atoms with Gasteiger partial charge < -0.3 is 14.6 Å². The van der Waals surface area contributed by atoms with Crippen LogP contribution in [0.4, 0.5) is 4.79 Å². The Bertz CT molecular complexity index is 374. The monoisotopic (exact) mass is 268 g/mol. The van der Waals surface area contributed by atoms with E-state index < -0.39 is 23.7 Å². The number of amides is 1. The van der Waals surface area contributed by atoms with Crippen LogP contribution in [0.1, 0.15) is 52.9 Å². The predicted molar refractivity (Wildman–Crippen MR) is 67.2 cm³/mol. The molecule has 1 aliphatic heterocycles. The van der Waals surface area contributed by atoms with E-state index in [9.17, 15) is 14.7 Å². The molecule has 108 valence electrons. The molecule has 2 aliphatic rings. The van der Waals surface area contributed by atoms with Gasteiger partial charge in [-0.05, 0) is 46.0 Å². The normalized spacial score (nSPS) is 30.9. The molecule has 5 heteroatoms. The van der Waals surface area contributed by atoms with E-state index in [0.717, 1.165) is 25.7 Å². The second-order valence-corrected chi connectivity index (χ2v) is 6.57. The van der Waals surface area contributed by atoms with Crippen LogP contribution in [0.3, 0.4) is 0 Å². The van der Waals surface area contributed by atoms with Crippen molar-refractivity contribution in [2.24, 2.45) is 5.92 Å². The van der Waals surface area contributed by atoms with Crippen molar-refractivity contribution in [1.82, 2.24) is 4.90 Å². The van der Waals surface area contributed by atoms with E-state index in [-0.39, 0.29) is 12.0 Å². The summed E-state index contributed by atoms with van der Waals surface area (Å²) >= 11 is 0. The molecule has 1 heterocycles. The van der Waals surface area contributed by atoms with Gasteiger partial charge in [-0.25, -0.2) is 4.79 Å². The molecule has 2 fully saturated rings. The molecular formula is C14H22NO4-. The lowest BCUT2D eigenvalue weighted by Gasteiger charge is -2.35. The zero-order valence-corrected chi connectivity index (χ0v) is 11.8. The molecule has 19 heavy (non-hydrogen) atoms. The lowest BCUT2D eigenvalue weighted by atomic mass is 9.85. The summed E-state index contributed by atoms with van der Waals surface area (Å²) in [6.07, 6.45) is 4.01. The quantitative estimate of drug-likeness (QED) is 0.719. The van der Waals surface area contributed by atoms with Crippen LogP contribution in [0.2, 0.25) is 0 Å². The van der Waals surface area contributed by atoms with Gasteiger partial charge in [0, 0.05) is 6.04 Å². The molecule has 0 unspecified atom stereocenters. The van der Waals surface area contributed by atoms with E-state index in [1.54, 1.807) is 20.8 Å². The number of nitrogens with zero attached hydrogens (tertiary/aromatic N) is 1. The fraction of sp³-hybridized carbons (Fsp3) is 0.857. The molecular weight excluding hydrogens is 246 g/mol. The molecule has 1 saturated heterocycles. The van der Waals surface area contributed by atoms with E-state index in [2.05, 4.69) is 0 Å². The first-order valence-corrected chi connectivity index (χ1v) is 7.02. The zero-order valence-electron chi connectivity index (χ0n) is 11.8. The predicted octanol–water partition coefficient (Wildman–Crippen LogP) is 1.30. The third-order valence-electron chi connectivity index (χ3n) is 3.96. The van der Waals surface area contributed by atoms with Crippen LogP contribution in [-0.4, -0.2) is 34.6 Å². The highest BCUT2D eigenvalue weighted by molar-refractivity contribution is 5.80. The summed E-state index contributed by atoms with van der Waals surface area (Å²) in [4.78, 5) is 24.9. The Labute approximate surface area is 113 Å². The van der Waals surface area contributed by atoms with E-state index in [1.807, 2.05) is 0 Å². The van der Waals surface area contributed by atoms with Gasteiger partial charge in [0.1, 0.15) is 5.60 Å². The van der Waals surface area contributed by atoms with Crippen molar-refractivity contribution >= 4 is 12.1 Å². The van der Waals surface area contributed by atoms with Gasteiger partial charge in [-0.2, -0.15) is 0 Å². The van der Waals surface area contributed by atoms with E-state index in [0.29, 0.717) is 6.42 Å². The summed E-state index contributed by atoms with van der Waals surface area (Å²) in [5, 5.41) is 11.3. The summed E-state index contributed by atoms with van der Waals surface area (Å²) in [6, 6.07) is -0.825. The van der Waals surface area contributed by atoms with E-state index in [1.165, 1.54) is 4.90 Å². The molecule has 0 aromatic rings. The number of ether oxygens (including phenoxy) is 1. The Morgan fingerprint density at radius 3 is 2.42 bits per heavy atom. The molecule has 0 aromatic carbocycles. The maximum atomic E-state index is 12.2. The third kappa shape index (κ3) is 3.01. The molecule has 0 spiro atoms. The number of fused-ring (bicyclic) bond motifs is 1. The molecule has 0 radical (unpaired) electrons. The number of carboxylic acids is 1. The van der Waals surface area contributed by atoms with Gasteiger partial charge in [0.15, 0.2) is 0 Å². The number of carbonyl (C=O) groups excluding carboxylic acids is 2. The summed E-state index contributed by atoms with van der Waals surface area (Å²) in [7, 11) is 0. The lowest BCUT2D eigenvalue weighted by molar-refractivity contribution is -0.310. The van der Waals surface area contributed by atoms with Crippen molar-refractivity contribution in [2.45, 2.75) is 70.6 Å². The van der Waals surface area contributed by atoms with Crippen LogP contribution in [0.5, 0.6) is 0 Å². The maximum Gasteiger partial charge on any atom is 0.411 e. The SMILES string of the molecule is CC(C)(C)OC(=O)N1[C@@H](C(=O)[O-])C[C@@H]2CCCC[C@@H]21. The Hall–Kier alpha value is -1.26. The standard InChI is InChI=1S/C14H23NO4/c1-14(2,3)19-13(18)15-10-7-5-4-6-9(10)8-11(15)12(16)17/h9-11H,4-8H2,1-3H3,(H,16,17)/p-1/t9-,10-,11+/m0/s1. The molecule has 1 saturated carbocycles. The Kier molecular flexibility index (Phi) is 3.74. The minimum absolute atomic E-state index is 0.00602. The smallest absolute Gasteiger partial charge is 0.411 e. The van der Waals surface area contributed by atoms with Gasteiger partial charge in [0.2, 0.25) is 0 Å². The van der Waals surface area contributed by atoms with Crippen molar-refractivity contribution in [2.75, 3.05) is 0 Å². The van der Waals surface area contributed by atoms with Gasteiger partial charge in [-0.15, -0.1) is 0 Å². The van der Waals surface area contributed by atoms with E-state index in [4.69, 9.17) is 4.74 Å². The summed E-state index contributed by atoms with van der Waals surface area (Å²) in [5.41, 5.74) is -0.611. The molecule has 0 bridgehead atoms. The summed E-state index contributed by atoms with van der Waals surface area (Å²) in [6.45, 7) is 5.36. The molecule has 1 aliphatic carbocycles. The fourth-order valence-electron chi connectivity index (χ4n) is 3.25. The first-order valence-electron chi connectivity index (χ1n) is 7.02. The number of carboxylic acid groups (broad SMARTS) is 1. The minimum atomic E-state index is -1.17. The highest BCUT2D eigenvalue weighted by Crippen LogP contribution is 2.40. The third-order valence-corrected chi connectivity index (χ3v) is 3.96. The maximum absolute atomic E-state index is 12.2. The second kappa shape index (κ2) is 5.02. The van der Waals surface area contributed by atoms with Crippen LogP contribution in [0.25, 0.3) is 0 Å². The van der Waals surface area contributed by atoms with Gasteiger partial charge >= 0.3 is 6.09 Å². The minimum Gasteiger partial charge on any atom is -0.548 e. The Balaban J connectivity index is 2.17. The molecule has 2 rings (SSSR count). The summed E-state index contributed by atoms with van der Waals surface area (Å²) < 4.78 is 5.35. The van der Waals surface area contributed by atoms with Crippen molar-refractivity contribution in [3.05, 3.63) is 0 Å². The Morgan fingerprint density at radius 2 is 1.84 bits per heavy atom. The van der Waals surface area contributed by atoms with Gasteiger partial charge in [0.05, 0.1) is 12.0 Å². The number of likely N-dealkylation sites (tertiary alicyclic amines) is 1. The van der Waals surface area contributed by atoms with Crippen LogP contribution < -0.4 is 5.11 Å². The number of carbonyl (C=O) groups is 2. The number of hydrogen-bond acceptors (Lipinski definition) is 4. The first kappa shape index (κ1) is 14.2. The van der Waals surface area contributed by atoms with Crippen LogP contribution >= 0.6 is 0 Å². The van der Waals surface area contributed by atoms with Gasteiger partial charge in [0.25, 0.3) is 0 Å². The largest absolute Gasteiger partial charge is 0.548 e. The highest BCUT2D eigenvalue weighted by Gasteiger charge is 2.46. The number of rotatable bonds is 1. The topological polar surface area (TPSA) is 69.7 Å². The second-order valence-electron chi connectivity index (χ2n) is 6.57. The number of hydrogen-bond donors (Lipinski definition) is 0. The van der Waals surface area contributed by atoms with Crippen LogP contribution in [0, 0.1) is 5.92 Å². The molecule has 1 amide bonds. The van der Waals surface area contributed by atoms with Crippen molar-refractivity contribution in [3.63, 3.8) is 0 Å². The zero-order chi connectivity index (χ0) is 14.2. The highest BCUT2D eigenvalue weighted by atomic mass is 16.6. The van der Waals surface area contributed by atoms with Gasteiger partial charge in [-0.3, -0.25) is 4.90 Å². The van der Waals surface area contributed by atoms with Crippen LogP contribution in [0.15, 0.2) is 0 Å². The molecule has 0 N–H and O–H groups in total. The van der Waals surface area contributed by atoms with Crippen molar-refractivity contribution in [3.8, 4) is 0 Å². The van der Waals surface area contributed by atoms with Gasteiger partial charge in [-0.1, -0.05) is 12.8 Å². The number of aliphatic carboxylic acids is 1. The average molecular weight is 268 g/mol. The fourth-order valence-corrected chi connectivity index (χ4v) is 3.25. The average Bonchev–Trinajstić information content (AvgIpc) is 2.65. The first-order chi connectivity index (χ1) is 8.79. The molecule has 5 nitrogen and oxygen atoms in total. The summed E-state index contributed by atoms with van der Waals surface area (Å²) in [5.74, 6) is -0.885. The van der Waals surface area contributed by atoms with Crippen LogP contribution in [-0.2, 0) is 9.53 Å². The molecule has 0 aromatic heterocycles. The van der Waals surface area contributed by atoms with Crippen molar-refractivity contribution in [1.29, 1.82) is 0 Å².